The zero-order chi connectivity index (χ0) is 13.0. The smallest absolute Gasteiger partial charge is 0.141 e. The average Bonchev–Trinajstić information content (AvgIpc) is 2.90. The Balaban J connectivity index is 2.24. The number of hydrogen-bond donors (Lipinski definition) is 2. The van der Waals surface area contributed by atoms with Crippen LogP contribution in [0.5, 0.6) is 5.75 Å². The summed E-state index contributed by atoms with van der Waals surface area (Å²) in [5, 5.41) is 3.35. The molecule has 0 fully saturated rings. The van der Waals surface area contributed by atoms with Crippen molar-refractivity contribution >= 4 is 5.69 Å². The van der Waals surface area contributed by atoms with Gasteiger partial charge in [0.05, 0.1) is 25.1 Å². The summed E-state index contributed by atoms with van der Waals surface area (Å²) in [6.45, 7) is 2.49. The van der Waals surface area contributed by atoms with Gasteiger partial charge in [0, 0.05) is 6.54 Å². The first-order valence-electron chi connectivity index (χ1n) is 5.89. The van der Waals surface area contributed by atoms with E-state index in [2.05, 4.69) is 5.32 Å². The Morgan fingerprint density at radius 1 is 1.39 bits per heavy atom. The molecule has 1 heterocycles. The predicted octanol–water partition coefficient (Wildman–Crippen LogP) is 2.71. The van der Waals surface area contributed by atoms with Crippen molar-refractivity contribution in [2.75, 3.05) is 19.0 Å². The maximum absolute atomic E-state index is 5.78. The maximum Gasteiger partial charge on any atom is 0.141 e. The molecule has 0 amide bonds. The summed E-state index contributed by atoms with van der Waals surface area (Å²) in [6, 6.07) is 9.68. The minimum absolute atomic E-state index is 0.0595. The highest BCUT2D eigenvalue weighted by molar-refractivity contribution is 5.58. The first-order valence-corrected chi connectivity index (χ1v) is 5.89. The predicted molar refractivity (Wildman–Crippen MR) is 71.9 cm³/mol. The molecule has 0 saturated carbocycles. The largest absolute Gasteiger partial charge is 0.495 e. The number of ether oxygens (including phenoxy) is 1. The molecule has 0 radical (unpaired) electrons. The van der Waals surface area contributed by atoms with Gasteiger partial charge in [-0.3, -0.25) is 0 Å². The molecule has 0 aliphatic heterocycles. The summed E-state index contributed by atoms with van der Waals surface area (Å²) in [5.74, 6) is 1.62. The second-order valence-electron chi connectivity index (χ2n) is 4.15. The lowest BCUT2D eigenvalue weighted by Gasteiger charge is -2.18. The van der Waals surface area contributed by atoms with Crippen LogP contribution in [-0.2, 0) is 0 Å². The molecule has 0 aliphatic rings. The maximum atomic E-state index is 5.78. The van der Waals surface area contributed by atoms with E-state index in [1.165, 1.54) is 0 Å². The molecule has 0 spiro atoms. The molecule has 0 saturated heterocycles. The van der Waals surface area contributed by atoms with E-state index < -0.39 is 0 Å². The standard InChI is InChI=1S/C14H18N2O2/c1-10-5-6-13(17-2)11(8-10)16-12(9-15)14-4-3-7-18-14/h3-8,12,16H,9,15H2,1-2H3. The summed E-state index contributed by atoms with van der Waals surface area (Å²) in [4.78, 5) is 0. The number of aryl methyl sites for hydroxylation is 1. The highest BCUT2D eigenvalue weighted by Crippen LogP contribution is 2.29. The SMILES string of the molecule is COc1ccc(C)cc1NC(CN)c1ccco1. The number of hydrogen-bond acceptors (Lipinski definition) is 4. The van der Waals surface area contributed by atoms with E-state index in [4.69, 9.17) is 14.9 Å². The van der Waals surface area contributed by atoms with Crippen molar-refractivity contribution in [3.63, 3.8) is 0 Å². The van der Waals surface area contributed by atoms with Crippen LogP contribution in [0.3, 0.4) is 0 Å². The number of nitrogens with two attached hydrogens (primary N) is 1. The van der Waals surface area contributed by atoms with Crippen molar-refractivity contribution in [3.05, 3.63) is 47.9 Å². The monoisotopic (exact) mass is 246 g/mol. The Morgan fingerprint density at radius 2 is 2.22 bits per heavy atom. The molecule has 0 bridgehead atoms. The molecule has 1 unspecified atom stereocenters. The molecule has 1 atom stereocenters. The van der Waals surface area contributed by atoms with Crippen LogP contribution in [0.1, 0.15) is 17.4 Å². The highest BCUT2D eigenvalue weighted by Gasteiger charge is 2.14. The van der Waals surface area contributed by atoms with Crippen LogP contribution in [0.25, 0.3) is 0 Å². The van der Waals surface area contributed by atoms with Crippen LogP contribution in [0.15, 0.2) is 41.0 Å². The van der Waals surface area contributed by atoms with Gasteiger partial charge in [-0.05, 0) is 36.8 Å². The van der Waals surface area contributed by atoms with Gasteiger partial charge in [0.25, 0.3) is 0 Å². The lowest BCUT2D eigenvalue weighted by Crippen LogP contribution is -2.20. The summed E-state index contributed by atoms with van der Waals surface area (Å²) in [7, 11) is 1.65. The van der Waals surface area contributed by atoms with Crippen molar-refractivity contribution < 1.29 is 9.15 Å². The Bertz CT molecular complexity index is 495. The summed E-state index contributed by atoms with van der Waals surface area (Å²) in [5.41, 5.74) is 7.86. The van der Waals surface area contributed by atoms with Crippen molar-refractivity contribution in [2.45, 2.75) is 13.0 Å². The van der Waals surface area contributed by atoms with Crippen LogP contribution in [-0.4, -0.2) is 13.7 Å². The third-order valence-electron chi connectivity index (χ3n) is 2.81. The molecule has 4 heteroatoms. The zero-order valence-corrected chi connectivity index (χ0v) is 10.6. The minimum Gasteiger partial charge on any atom is -0.495 e. The topological polar surface area (TPSA) is 60.4 Å². The van der Waals surface area contributed by atoms with Gasteiger partial charge in [0.1, 0.15) is 11.5 Å². The number of nitrogens with one attached hydrogen (secondary N) is 1. The number of benzene rings is 1. The van der Waals surface area contributed by atoms with Crippen LogP contribution < -0.4 is 15.8 Å². The summed E-state index contributed by atoms with van der Waals surface area (Å²) < 4.78 is 10.7. The number of anilines is 1. The molecule has 3 N–H and O–H groups in total. The molecule has 18 heavy (non-hydrogen) atoms. The van der Waals surface area contributed by atoms with Gasteiger partial charge in [0.15, 0.2) is 0 Å². The molecule has 4 nitrogen and oxygen atoms in total. The Morgan fingerprint density at radius 3 is 2.83 bits per heavy atom. The van der Waals surface area contributed by atoms with Gasteiger partial charge in [-0.25, -0.2) is 0 Å². The fraction of sp³-hybridized carbons (Fsp3) is 0.286. The van der Waals surface area contributed by atoms with Crippen molar-refractivity contribution in [3.8, 4) is 5.75 Å². The molecular weight excluding hydrogens is 228 g/mol. The first kappa shape index (κ1) is 12.5. The second-order valence-corrected chi connectivity index (χ2v) is 4.15. The fourth-order valence-corrected chi connectivity index (χ4v) is 1.86. The Kier molecular flexibility index (Phi) is 3.89. The first-order chi connectivity index (χ1) is 8.74. The lowest BCUT2D eigenvalue weighted by molar-refractivity contribution is 0.415. The Hall–Kier alpha value is -1.94. The van der Waals surface area contributed by atoms with Gasteiger partial charge in [0.2, 0.25) is 0 Å². The summed E-state index contributed by atoms with van der Waals surface area (Å²) >= 11 is 0. The molecule has 2 aromatic rings. The van der Waals surface area contributed by atoms with Crippen LogP contribution in [0, 0.1) is 6.92 Å². The van der Waals surface area contributed by atoms with Crippen LogP contribution >= 0.6 is 0 Å². The zero-order valence-electron chi connectivity index (χ0n) is 10.6. The van der Waals surface area contributed by atoms with Gasteiger partial charge in [-0.1, -0.05) is 6.07 Å². The van der Waals surface area contributed by atoms with Gasteiger partial charge in [-0.2, -0.15) is 0 Å². The van der Waals surface area contributed by atoms with E-state index in [1.807, 2.05) is 37.3 Å². The summed E-state index contributed by atoms with van der Waals surface area (Å²) in [6.07, 6.45) is 1.65. The molecular formula is C14H18N2O2. The minimum atomic E-state index is -0.0595. The Labute approximate surface area is 107 Å². The van der Waals surface area contributed by atoms with E-state index in [0.29, 0.717) is 6.54 Å². The second kappa shape index (κ2) is 5.60. The van der Waals surface area contributed by atoms with E-state index in [1.54, 1.807) is 13.4 Å². The molecule has 1 aromatic carbocycles. The van der Waals surface area contributed by atoms with Crippen LogP contribution in [0.4, 0.5) is 5.69 Å². The van der Waals surface area contributed by atoms with E-state index in [-0.39, 0.29) is 6.04 Å². The normalized spacial score (nSPS) is 12.2. The molecule has 1 aromatic heterocycles. The van der Waals surface area contributed by atoms with Crippen molar-refractivity contribution in [1.82, 2.24) is 0 Å². The average molecular weight is 246 g/mol. The van der Waals surface area contributed by atoms with Gasteiger partial charge < -0.3 is 20.2 Å². The quantitative estimate of drug-likeness (QED) is 0.851. The van der Waals surface area contributed by atoms with E-state index in [9.17, 15) is 0 Å². The van der Waals surface area contributed by atoms with Crippen molar-refractivity contribution in [1.29, 1.82) is 0 Å². The van der Waals surface area contributed by atoms with Crippen molar-refractivity contribution in [2.24, 2.45) is 5.73 Å². The number of methoxy groups -OCH3 is 1. The number of rotatable bonds is 5. The third kappa shape index (κ3) is 2.65. The number of furan rings is 1. The van der Waals surface area contributed by atoms with E-state index in [0.717, 1.165) is 22.8 Å². The van der Waals surface area contributed by atoms with Gasteiger partial charge >= 0.3 is 0 Å². The molecule has 0 aliphatic carbocycles. The highest BCUT2D eigenvalue weighted by atomic mass is 16.5. The molecule has 96 valence electrons. The van der Waals surface area contributed by atoms with Crippen LogP contribution in [0.2, 0.25) is 0 Å². The van der Waals surface area contributed by atoms with Gasteiger partial charge in [-0.15, -0.1) is 0 Å². The fourth-order valence-electron chi connectivity index (χ4n) is 1.86. The molecule has 2 rings (SSSR count). The third-order valence-corrected chi connectivity index (χ3v) is 2.81. The van der Waals surface area contributed by atoms with E-state index >= 15 is 0 Å². The lowest BCUT2D eigenvalue weighted by atomic mass is 10.1.